The normalized spacial score (nSPS) is 12.1. The van der Waals surface area contributed by atoms with Crippen LogP contribution in [0.1, 0.15) is 5.56 Å². The summed E-state index contributed by atoms with van der Waals surface area (Å²) in [5, 5.41) is 8.68. The van der Waals surface area contributed by atoms with Gasteiger partial charge in [0.15, 0.2) is 0 Å². The lowest BCUT2D eigenvalue weighted by Crippen LogP contribution is -2.32. The van der Waals surface area contributed by atoms with Gasteiger partial charge in [0.2, 0.25) is 0 Å². The molecule has 0 heterocycles. The molecule has 0 aliphatic carbocycles. The van der Waals surface area contributed by atoms with E-state index in [1.807, 2.05) is 6.07 Å². The highest BCUT2D eigenvalue weighted by molar-refractivity contribution is 5.73. The van der Waals surface area contributed by atoms with E-state index in [-0.39, 0.29) is 6.42 Å². The highest BCUT2D eigenvalue weighted by Gasteiger charge is 2.12. The first kappa shape index (κ1) is 12.5. The molecular weight excluding hydrogens is 208 g/mol. The van der Waals surface area contributed by atoms with Crippen LogP contribution in [-0.2, 0) is 11.2 Å². The molecule has 0 spiro atoms. The highest BCUT2D eigenvalue weighted by Crippen LogP contribution is 2.14. The number of aliphatic carboxylic acids is 1. The van der Waals surface area contributed by atoms with Gasteiger partial charge in [-0.3, -0.25) is 4.79 Å². The Hall–Kier alpha value is -1.59. The number of ether oxygens (including phenoxy) is 1. The highest BCUT2D eigenvalue weighted by atomic mass is 16.5. The van der Waals surface area contributed by atoms with E-state index in [2.05, 4.69) is 0 Å². The van der Waals surface area contributed by atoms with Gasteiger partial charge in [0.05, 0.1) is 0 Å². The zero-order valence-electron chi connectivity index (χ0n) is 8.93. The van der Waals surface area contributed by atoms with Crippen LogP contribution in [0.25, 0.3) is 0 Å². The summed E-state index contributed by atoms with van der Waals surface area (Å²) in [5.74, 6) is -0.325. The first-order valence-corrected chi connectivity index (χ1v) is 5.03. The number of carbonyl (C=O) groups is 1. The quantitative estimate of drug-likeness (QED) is 0.630. The summed E-state index contributed by atoms with van der Waals surface area (Å²) in [5.41, 5.74) is 11.6. The van der Waals surface area contributed by atoms with Gasteiger partial charge >= 0.3 is 5.97 Å². The average Bonchev–Trinajstić information content (AvgIpc) is 2.26. The molecule has 0 fully saturated rings. The Balaban J connectivity index is 2.63. The van der Waals surface area contributed by atoms with Gasteiger partial charge < -0.3 is 21.3 Å². The molecule has 1 aromatic rings. The van der Waals surface area contributed by atoms with E-state index in [1.54, 1.807) is 18.2 Å². The van der Waals surface area contributed by atoms with Crippen molar-refractivity contribution in [2.75, 3.05) is 13.2 Å². The smallest absolute Gasteiger partial charge is 0.320 e. The molecule has 1 atom stereocenters. The van der Waals surface area contributed by atoms with E-state index < -0.39 is 12.0 Å². The third kappa shape index (κ3) is 3.88. The molecule has 0 aliphatic rings. The van der Waals surface area contributed by atoms with E-state index in [0.29, 0.717) is 18.9 Å². The summed E-state index contributed by atoms with van der Waals surface area (Å²) >= 11 is 0. The van der Waals surface area contributed by atoms with E-state index >= 15 is 0 Å². The lowest BCUT2D eigenvalue weighted by Gasteiger charge is -2.09. The van der Waals surface area contributed by atoms with Crippen LogP contribution in [0.15, 0.2) is 24.3 Å². The van der Waals surface area contributed by atoms with Gasteiger partial charge in [0.25, 0.3) is 0 Å². The third-order valence-corrected chi connectivity index (χ3v) is 2.06. The first-order chi connectivity index (χ1) is 7.63. The molecule has 1 aromatic carbocycles. The Bertz CT molecular complexity index is 355. The van der Waals surface area contributed by atoms with E-state index in [0.717, 1.165) is 5.56 Å². The molecule has 0 bridgehead atoms. The Morgan fingerprint density at radius 2 is 2.25 bits per heavy atom. The molecule has 0 aliphatic heterocycles. The number of carboxylic acid groups (broad SMARTS) is 1. The maximum absolute atomic E-state index is 10.6. The number of hydrogen-bond acceptors (Lipinski definition) is 4. The number of nitrogens with two attached hydrogens (primary N) is 2. The Morgan fingerprint density at radius 1 is 1.50 bits per heavy atom. The van der Waals surface area contributed by atoms with Crippen LogP contribution in [0.4, 0.5) is 0 Å². The van der Waals surface area contributed by atoms with E-state index in [9.17, 15) is 4.79 Å². The summed E-state index contributed by atoms with van der Waals surface area (Å²) in [6.45, 7) is 0.882. The summed E-state index contributed by atoms with van der Waals surface area (Å²) in [6.07, 6.45) is 0.287. The van der Waals surface area contributed by atoms with Crippen LogP contribution in [0.2, 0.25) is 0 Å². The maximum Gasteiger partial charge on any atom is 0.320 e. The first-order valence-electron chi connectivity index (χ1n) is 5.03. The van der Waals surface area contributed by atoms with Crippen molar-refractivity contribution in [2.24, 2.45) is 11.5 Å². The van der Waals surface area contributed by atoms with Gasteiger partial charge in [-0.15, -0.1) is 0 Å². The topological polar surface area (TPSA) is 98.6 Å². The Morgan fingerprint density at radius 3 is 2.88 bits per heavy atom. The fraction of sp³-hybridized carbons (Fsp3) is 0.364. The monoisotopic (exact) mass is 224 g/mol. The summed E-state index contributed by atoms with van der Waals surface area (Å²) in [4.78, 5) is 10.6. The maximum atomic E-state index is 10.6. The number of carboxylic acids is 1. The predicted octanol–water partition coefficient (Wildman–Crippen LogP) is -0.0215. The minimum Gasteiger partial charge on any atom is -0.492 e. The summed E-state index contributed by atoms with van der Waals surface area (Å²) in [7, 11) is 0. The molecule has 5 heteroatoms. The average molecular weight is 224 g/mol. The van der Waals surface area contributed by atoms with Crippen molar-refractivity contribution in [3.8, 4) is 5.75 Å². The van der Waals surface area contributed by atoms with Crippen molar-refractivity contribution in [1.29, 1.82) is 0 Å². The molecule has 0 unspecified atom stereocenters. The molecule has 0 amide bonds. The van der Waals surface area contributed by atoms with Crippen LogP contribution >= 0.6 is 0 Å². The molecule has 88 valence electrons. The van der Waals surface area contributed by atoms with Crippen molar-refractivity contribution in [3.63, 3.8) is 0 Å². The molecule has 5 nitrogen and oxygen atoms in total. The van der Waals surface area contributed by atoms with Crippen LogP contribution < -0.4 is 16.2 Å². The molecule has 0 radical (unpaired) electrons. The molecule has 0 aromatic heterocycles. The van der Waals surface area contributed by atoms with Crippen molar-refractivity contribution in [3.05, 3.63) is 29.8 Å². The van der Waals surface area contributed by atoms with Crippen LogP contribution in [0.5, 0.6) is 5.75 Å². The van der Waals surface area contributed by atoms with E-state index in [1.165, 1.54) is 0 Å². The number of rotatable bonds is 6. The second-order valence-corrected chi connectivity index (χ2v) is 3.43. The van der Waals surface area contributed by atoms with Crippen LogP contribution in [0, 0.1) is 0 Å². The van der Waals surface area contributed by atoms with Gasteiger partial charge in [-0.2, -0.15) is 0 Å². The molecule has 5 N–H and O–H groups in total. The van der Waals surface area contributed by atoms with Gasteiger partial charge in [-0.25, -0.2) is 0 Å². The van der Waals surface area contributed by atoms with Gasteiger partial charge in [-0.1, -0.05) is 12.1 Å². The fourth-order valence-electron chi connectivity index (χ4n) is 1.28. The zero-order valence-corrected chi connectivity index (χ0v) is 8.93. The van der Waals surface area contributed by atoms with Crippen molar-refractivity contribution in [2.45, 2.75) is 12.5 Å². The van der Waals surface area contributed by atoms with Gasteiger partial charge in [0.1, 0.15) is 18.4 Å². The number of benzene rings is 1. The predicted molar refractivity (Wildman–Crippen MR) is 60.3 cm³/mol. The van der Waals surface area contributed by atoms with E-state index in [4.69, 9.17) is 21.3 Å². The second kappa shape index (κ2) is 6.09. The molecular formula is C11H16N2O3. The minimum absolute atomic E-state index is 0.287. The molecule has 16 heavy (non-hydrogen) atoms. The van der Waals surface area contributed by atoms with Crippen LogP contribution in [-0.4, -0.2) is 30.3 Å². The second-order valence-electron chi connectivity index (χ2n) is 3.43. The Kier molecular flexibility index (Phi) is 4.75. The minimum atomic E-state index is -1.01. The van der Waals surface area contributed by atoms with Crippen molar-refractivity contribution < 1.29 is 14.6 Å². The summed E-state index contributed by atoms with van der Waals surface area (Å²) < 4.78 is 5.32. The Labute approximate surface area is 94.0 Å². The standard InChI is InChI=1S/C11H16N2O3/c12-4-5-16-9-3-1-2-8(6-9)7-10(13)11(14)15/h1-3,6,10H,4-5,7,12-13H2,(H,14,15)/t10-/m0/s1. The van der Waals surface area contributed by atoms with Gasteiger partial charge in [0, 0.05) is 6.54 Å². The summed E-state index contributed by atoms with van der Waals surface area (Å²) in [6, 6.07) is 6.31. The number of hydrogen-bond donors (Lipinski definition) is 3. The SMILES string of the molecule is NCCOc1cccc(C[C@H](N)C(=O)O)c1. The fourth-order valence-corrected chi connectivity index (χ4v) is 1.28. The molecule has 0 saturated heterocycles. The van der Waals surface area contributed by atoms with Crippen molar-refractivity contribution >= 4 is 5.97 Å². The van der Waals surface area contributed by atoms with Crippen molar-refractivity contribution in [1.82, 2.24) is 0 Å². The molecule has 0 saturated carbocycles. The zero-order chi connectivity index (χ0) is 12.0. The molecule has 1 rings (SSSR count). The lowest BCUT2D eigenvalue weighted by atomic mass is 10.1. The van der Waals surface area contributed by atoms with Gasteiger partial charge in [-0.05, 0) is 24.1 Å². The third-order valence-electron chi connectivity index (χ3n) is 2.06. The lowest BCUT2D eigenvalue weighted by molar-refractivity contribution is -0.138. The largest absolute Gasteiger partial charge is 0.492 e. The van der Waals surface area contributed by atoms with Crippen LogP contribution in [0.3, 0.4) is 0 Å².